The standard InChI is InChI=1S/C43H31N5/c1-43(2)37-38(30-15-5-3-6-16-30)45-42(46-39(37)36-27-44-41(47-40(36)43)31-17-7-4-8-18-31)48(34-23-21-28-13-9-11-19-32(28)25-34)35-24-22-29-14-10-12-20-33(29)26-35/h3-27H,1-2H3. The van der Waals surface area contributed by atoms with Crippen molar-refractivity contribution in [3.05, 3.63) is 163 Å². The third-order valence-corrected chi connectivity index (χ3v) is 9.42. The van der Waals surface area contributed by atoms with Crippen LogP contribution in [0.15, 0.2) is 152 Å². The van der Waals surface area contributed by atoms with E-state index in [1.54, 1.807) is 0 Å². The van der Waals surface area contributed by atoms with Crippen molar-refractivity contribution in [3.63, 3.8) is 0 Å². The van der Waals surface area contributed by atoms with Gasteiger partial charge in [-0.05, 0) is 59.7 Å². The maximum atomic E-state index is 5.45. The van der Waals surface area contributed by atoms with E-state index in [9.17, 15) is 0 Å². The van der Waals surface area contributed by atoms with Crippen LogP contribution in [0.25, 0.3) is 55.4 Å². The van der Waals surface area contributed by atoms with Crippen molar-refractivity contribution in [2.45, 2.75) is 19.3 Å². The zero-order valence-corrected chi connectivity index (χ0v) is 26.7. The minimum absolute atomic E-state index is 0.461. The smallest absolute Gasteiger partial charge is 0.235 e. The largest absolute Gasteiger partial charge is 0.279 e. The summed E-state index contributed by atoms with van der Waals surface area (Å²) in [5.41, 5.74) is 8.24. The number of hydrogen-bond donors (Lipinski definition) is 0. The van der Waals surface area contributed by atoms with E-state index in [0.29, 0.717) is 11.8 Å². The van der Waals surface area contributed by atoms with Crippen molar-refractivity contribution in [3.8, 4) is 33.9 Å². The fourth-order valence-corrected chi connectivity index (χ4v) is 7.03. The Morgan fingerprint density at radius 1 is 0.500 bits per heavy atom. The highest BCUT2D eigenvalue weighted by Gasteiger charge is 2.42. The molecule has 0 saturated heterocycles. The van der Waals surface area contributed by atoms with E-state index in [1.807, 2.05) is 30.5 Å². The van der Waals surface area contributed by atoms with Crippen LogP contribution < -0.4 is 4.90 Å². The van der Waals surface area contributed by atoms with Gasteiger partial charge in [0.1, 0.15) is 0 Å². The molecule has 2 heterocycles. The molecule has 1 aliphatic rings. The zero-order chi connectivity index (χ0) is 32.2. The molecule has 0 aliphatic heterocycles. The van der Waals surface area contributed by atoms with Gasteiger partial charge < -0.3 is 0 Å². The molecular formula is C43H31N5. The number of benzene rings is 6. The molecule has 228 valence electrons. The summed E-state index contributed by atoms with van der Waals surface area (Å²) in [5, 5.41) is 4.67. The lowest BCUT2D eigenvalue weighted by Gasteiger charge is -2.27. The maximum Gasteiger partial charge on any atom is 0.235 e. The van der Waals surface area contributed by atoms with Crippen molar-refractivity contribution in [2.75, 3.05) is 4.90 Å². The molecule has 0 fully saturated rings. The van der Waals surface area contributed by atoms with Gasteiger partial charge in [-0.3, -0.25) is 4.90 Å². The number of rotatable bonds is 5. The van der Waals surface area contributed by atoms with Gasteiger partial charge in [-0.1, -0.05) is 121 Å². The van der Waals surface area contributed by atoms with Gasteiger partial charge >= 0.3 is 0 Å². The first-order chi connectivity index (χ1) is 23.5. The van der Waals surface area contributed by atoms with Crippen molar-refractivity contribution in [1.82, 2.24) is 19.9 Å². The molecule has 48 heavy (non-hydrogen) atoms. The number of hydrogen-bond acceptors (Lipinski definition) is 5. The maximum absolute atomic E-state index is 5.45. The highest BCUT2D eigenvalue weighted by atomic mass is 15.3. The molecule has 5 nitrogen and oxygen atoms in total. The van der Waals surface area contributed by atoms with Crippen LogP contribution in [-0.2, 0) is 5.41 Å². The summed E-state index contributed by atoms with van der Waals surface area (Å²) < 4.78 is 0. The van der Waals surface area contributed by atoms with Crippen LogP contribution in [0.1, 0.15) is 25.1 Å². The predicted octanol–water partition coefficient (Wildman–Crippen LogP) is 10.7. The average Bonchev–Trinajstić information content (AvgIpc) is 3.37. The molecule has 0 bridgehead atoms. The summed E-state index contributed by atoms with van der Waals surface area (Å²) >= 11 is 0. The number of anilines is 3. The van der Waals surface area contributed by atoms with Crippen LogP contribution >= 0.6 is 0 Å². The molecule has 9 rings (SSSR count). The Morgan fingerprint density at radius 3 is 1.62 bits per heavy atom. The first-order valence-corrected chi connectivity index (χ1v) is 16.2. The van der Waals surface area contributed by atoms with Gasteiger partial charge in [-0.2, -0.15) is 0 Å². The summed E-state index contributed by atoms with van der Waals surface area (Å²) in [6.45, 7) is 4.44. The van der Waals surface area contributed by atoms with Gasteiger partial charge in [0.05, 0.1) is 17.1 Å². The third-order valence-electron chi connectivity index (χ3n) is 9.42. The summed E-state index contributed by atoms with van der Waals surface area (Å²) in [6.07, 6.45) is 1.94. The third kappa shape index (κ3) is 4.55. The second-order valence-electron chi connectivity index (χ2n) is 12.8. The van der Waals surface area contributed by atoms with E-state index >= 15 is 0 Å². The van der Waals surface area contributed by atoms with Gasteiger partial charge in [-0.15, -0.1) is 0 Å². The highest BCUT2D eigenvalue weighted by Crippen LogP contribution is 2.51. The van der Waals surface area contributed by atoms with Gasteiger partial charge in [0, 0.05) is 45.2 Å². The number of fused-ring (bicyclic) bond motifs is 5. The fraction of sp³-hybridized carbons (Fsp3) is 0.0698. The van der Waals surface area contributed by atoms with Crippen LogP contribution in [0, 0.1) is 0 Å². The second kappa shape index (κ2) is 11.0. The monoisotopic (exact) mass is 617 g/mol. The van der Waals surface area contributed by atoms with Gasteiger partial charge in [0.15, 0.2) is 5.82 Å². The van der Waals surface area contributed by atoms with Crippen LogP contribution in [0.5, 0.6) is 0 Å². The molecule has 2 aromatic heterocycles. The molecule has 0 spiro atoms. The second-order valence-corrected chi connectivity index (χ2v) is 12.8. The quantitative estimate of drug-likeness (QED) is 0.192. The van der Waals surface area contributed by atoms with Crippen LogP contribution in [-0.4, -0.2) is 19.9 Å². The summed E-state index contributed by atoms with van der Waals surface area (Å²) in [5.74, 6) is 1.30. The van der Waals surface area contributed by atoms with Gasteiger partial charge in [0.25, 0.3) is 0 Å². The minimum Gasteiger partial charge on any atom is -0.279 e. The topological polar surface area (TPSA) is 54.8 Å². The Balaban J connectivity index is 1.32. The first kappa shape index (κ1) is 28.1. The first-order valence-electron chi connectivity index (χ1n) is 16.2. The van der Waals surface area contributed by atoms with Crippen LogP contribution in [0.4, 0.5) is 17.3 Å². The van der Waals surface area contributed by atoms with E-state index in [2.05, 4.69) is 140 Å². The van der Waals surface area contributed by atoms with Crippen molar-refractivity contribution in [1.29, 1.82) is 0 Å². The summed E-state index contributed by atoms with van der Waals surface area (Å²) in [7, 11) is 0. The Hall–Kier alpha value is -6.20. The summed E-state index contributed by atoms with van der Waals surface area (Å²) in [6, 6.07) is 50.5. The number of aromatic nitrogens is 4. The predicted molar refractivity (Wildman–Crippen MR) is 196 cm³/mol. The Bertz CT molecular complexity index is 2410. The lowest BCUT2D eigenvalue weighted by molar-refractivity contribution is 0.634. The van der Waals surface area contributed by atoms with E-state index in [1.165, 1.54) is 10.8 Å². The number of nitrogens with zero attached hydrogens (tertiary/aromatic N) is 5. The molecular weight excluding hydrogens is 587 g/mol. The van der Waals surface area contributed by atoms with Gasteiger partial charge in [-0.25, -0.2) is 19.9 Å². The van der Waals surface area contributed by atoms with E-state index in [0.717, 1.165) is 61.5 Å². The SMILES string of the molecule is CC1(C)c2nc(-c3ccccc3)ncc2-c2nc(N(c3ccc4ccccc4c3)c3ccc4ccccc4c3)nc(-c3ccccc3)c21. The van der Waals surface area contributed by atoms with Crippen LogP contribution in [0.2, 0.25) is 0 Å². The molecule has 0 atom stereocenters. The fourth-order valence-electron chi connectivity index (χ4n) is 7.03. The lowest BCUT2D eigenvalue weighted by Crippen LogP contribution is -2.20. The van der Waals surface area contributed by atoms with E-state index in [4.69, 9.17) is 19.9 Å². The zero-order valence-electron chi connectivity index (χ0n) is 26.7. The lowest BCUT2D eigenvalue weighted by atomic mass is 9.83. The molecule has 6 aromatic carbocycles. The molecule has 0 unspecified atom stereocenters. The molecule has 8 aromatic rings. The minimum atomic E-state index is -0.461. The average molecular weight is 618 g/mol. The Morgan fingerprint density at radius 2 is 1.02 bits per heavy atom. The molecule has 5 heteroatoms. The molecule has 0 N–H and O–H groups in total. The summed E-state index contributed by atoms with van der Waals surface area (Å²) in [4.78, 5) is 23.1. The van der Waals surface area contributed by atoms with Crippen molar-refractivity contribution in [2.24, 2.45) is 0 Å². The molecule has 0 amide bonds. The van der Waals surface area contributed by atoms with E-state index < -0.39 is 5.41 Å². The molecule has 0 radical (unpaired) electrons. The molecule has 1 aliphatic carbocycles. The van der Waals surface area contributed by atoms with Crippen molar-refractivity contribution < 1.29 is 0 Å². The Kier molecular flexibility index (Phi) is 6.40. The van der Waals surface area contributed by atoms with Gasteiger partial charge in [0.2, 0.25) is 5.95 Å². The van der Waals surface area contributed by atoms with Crippen molar-refractivity contribution >= 4 is 38.9 Å². The Labute approximate surface area is 279 Å². The van der Waals surface area contributed by atoms with E-state index in [-0.39, 0.29) is 0 Å². The normalized spacial score (nSPS) is 13.0. The molecule has 0 saturated carbocycles. The highest BCUT2D eigenvalue weighted by molar-refractivity contribution is 5.93. The van der Waals surface area contributed by atoms with Crippen LogP contribution in [0.3, 0.4) is 0 Å².